The average molecular weight is 207 g/mol. The van der Waals surface area contributed by atoms with Gasteiger partial charge in [0.2, 0.25) is 10.9 Å². The van der Waals surface area contributed by atoms with Gasteiger partial charge in [-0.25, -0.2) is 0 Å². The van der Waals surface area contributed by atoms with Crippen LogP contribution < -0.4 is 15.8 Å². The molecule has 0 amide bonds. The van der Waals surface area contributed by atoms with Gasteiger partial charge in [0.15, 0.2) is 0 Å². The monoisotopic (exact) mass is 207 g/mol. The number of hydrogen-bond acceptors (Lipinski definition) is 3. The van der Waals surface area contributed by atoms with Crippen molar-refractivity contribution < 1.29 is 0 Å². The lowest BCUT2D eigenvalue weighted by Gasteiger charge is -2.33. The third kappa shape index (κ3) is 1.41. The Kier molecular flexibility index (Phi) is 2.41. The highest BCUT2D eigenvalue weighted by Gasteiger charge is 2.33. The number of nitrogens with zero attached hydrogens (tertiary/aromatic N) is 1. The van der Waals surface area contributed by atoms with E-state index in [0.717, 1.165) is 18.4 Å². The van der Waals surface area contributed by atoms with Crippen LogP contribution in [0.25, 0.3) is 0 Å². The molecule has 1 aliphatic carbocycles. The quantitative estimate of drug-likeness (QED) is 0.703. The molecule has 0 saturated heterocycles. The van der Waals surface area contributed by atoms with Crippen molar-refractivity contribution in [1.82, 2.24) is 0 Å². The lowest BCUT2D eigenvalue weighted by Crippen LogP contribution is -2.46. The zero-order valence-corrected chi connectivity index (χ0v) is 9.54. The van der Waals surface area contributed by atoms with Crippen LogP contribution in [0.5, 0.6) is 0 Å². The first-order chi connectivity index (χ1) is 7.04. The van der Waals surface area contributed by atoms with E-state index >= 15 is 0 Å². The maximum atomic E-state index is 11.5. The second-order valence-electron chi connectivity index (χ2n) is 4.75. The molecule has 1 aliphatic rings. The molecule has 0 atom stereocenters. The van der Waals surface area contributed by atoms with Crippen molar-refractivity contribution in [3.63, 3.8) is 0 Å². The Bertz CT molecular complexity index is 436. The van der Waals surface area contributed by atoms with E-state index in [1.54, 1.807) is 0 Å². The third-order valence-electron chi connectivity index (χ3n) is 3.56. The molecule has 82 valence electrons. The first-order valence-corrected chi connectivity index (χ1v) is 5.60. The smallest absolute Gasteiger partial charge is 0.249 e. The van der Waals surface area contributed by atoms with Crippen molar-refractivity contribution >= 4 is 5.69 Å². The van der Waals surface area contributed by atoms with Crippen LogP contribution in [0.1, 0.15) is 44.6 Å². The second-order valence-corrected chi connectivity index (χ2v) is 4.75. The fourth-order valence-electron chi connectivity index (χ4n) is 2.08. The summed E-state index contributed by atoms with van der Waals surface area (Å²) in [5.74, 6) is 0.367. The maximum absolute atomic E-state index is 11.5. The predicted octanol–water partition coefficient (Wildman–Crippen LogP) is 1.39. The number of hydrogen-bond donors (Lipinski definition) is 0. The van der Waals surface area contributed by atoms with Gasteiger partial charge in [-0.3, -0.25) is 9.59 Å². The van der Waals surface area contributed by atoms with Gasteiger partial charge in [0.05, 0.1) is 5.69 Å². The van der Waals surface area contributed by atoms with Crippen molar-refractivity contribution in [3.8, 4) is 0 Å². The lowest BCUT2D eigenvalue weighted by molar-refractivity contribution is 0.414. The zero-order chi connectivity index (χ0) is 11.2. The van der Waals surface area contributed by atoms with Gasteiger partial charge in [-0.05, 0) is 32.6 Å². The summed E-state index contributed by atoms with van der Waals surface area (Å²) in [6.45, 7) is 4.06. The van der Waals surface area contributed by atoms with E-state index < -0.39 is 0 Å². The standard InChI is InChI=1S/C12H17NO2/c1-7(2)13(3)10-9(8-5-4-6-8)11(14)12(10)15/h7-8H,4-6H2,1-3H3. The van der Waals surface area contributed by atoms with Crippen molar-refractivity contribution in [2.45, 2.75) is 45.1 Å². The summed E-state index contributed by atoms with van der Waals surface area (Å²) in [5.41, 5.74) is 0.970. The van der Waals surface area contributed by atoms with Gasteiger partial charge in [0.1, 0.15) is 0 Å². The minimum atomic E-state index is -0.284. The van der Waals surface area contributed by atoms with Crippen molar-refractivity contribution in [3.05, 3.63) is 26.0 Å². The van der Waals surface area contributed by atoms with Crippen LogP contribution in [0.4, 0.5) is 5.69 Å². The molecule has 0 spiro atoms. The molecule has 2 rings (SSSR count). The molecule has 0 unspecified atom stereocenters. The van der Waals surface area contributed by atoms with Crippen LogP contribution in [0.15, 0.2) is 9.59 Å². The maximum Gasteiger partial charge on any atom is 0.249 e. The summed E-state index contributed by atoms with van der Waals surface area (Å²) in [4.78, 5) is 24.9. The summed E-state index contributed by atoms with van der Waals surface area (Å²) in [6.07, 6.45) is 3.34. The fourth-order valence-corrected chi connectivity index (χ4v) is 2.08. The Morgan fingerprint density at radius 2 is 1.80 bits per heavy atom. The van der Waals surface area contributed by atoms with Gasteiger partial charge in [-0.15, -0.1) is 0 Å². The minimum absolute atomic E-state index is 0.234. The van der Waals surface area contributed by atoms with E-state index in [9.17, 15) is 9.59 Å². The Hall–Kier alpha value is -1.12. The predicted molar refractivity (Wildman–Crippen MR) is 61.5 cm³/mol. The molecule has 0 aromatic heterocycles. The zero-order valence-electron chi connectivity index (χ0n) is 9.54. The van der Waals surface area contributed by atoms with Gasteiger partial charge in [-0.1, -0.05) is 6.42 Å². The lowest BCUT2D eigenvalue weighted by atomic mass is 9.77. The molecule has 1 aromatic carbocycles. The highest BCUT2D eigenvalue weighted by molar-refractivity contribution is 5.60. The third-order valence-corrected chi connectivity index (χ3v) is 3.56. The fraction of sp³-hybridized carbons (Fsp3) is 0.667. The molecule has 0 heterocycles. The molecule has 0 aliphatic heterocycles. The topological polar surface area (TPSA) is 37.4 Å². The normalized spacial score (nSPS) is 17.1. The van der Waals surface area contributed by atoms with Crippen LogP contribution in [0, 0.1) is 0 Å². The molecule has 3 heteroatoms. The summed E-state index contributed by atoms with van der Waals surface area (Å²) in [6, 6.07) is 0.270. The van der Waals surface area contributed by atoms with Crippen molar-refractivity contribution in [2.75, 3.05) is 11.9 Å². The summed E-state index contributed by atoms with van der Waals surface area (Å²) in [5, 5.41) is 0. The summed E-state index contributed by atoms with van der Waals surface area (Å²) >= 11 is 0. The van der Waals surface area contributed by atoms with Crippen molar-refractivity contribution in [1.29, 1.82) is 0 Å². The first kappa shape index (κ1) is 10.4. The Morgan fingerprint density at radius 3 is 2.20 bits per heavy atom. The molecule has 0 N–H and O–H groups in total. The molecule has 1 aromatic rings. The Labute approximate surface area is 89.4 Å². The molecule has 0 bridgehead atoms. The van der Waals surface area contributed by atoms with Gasteiger partial charge >= 0.3 is 0 Å². The minimum Gasteiger partial charge on any atom is -0.369 e. The van der Waals surface area contributed by atoms with E-state index in [-0.39, 0.29) is 16.9 Å². The Balaban J connectivity index is 2.35. The molecule has 3 nitrogen and oxygen atoms in total. The SMILES string of the molecule is CC(C)N(C)c1c(C2CCC2)c(=O)c1=O. The average Bonchev–Trinajstić information content (AvgIpc) is 2.13. The van der Waals surface area contributed by atoms with E-state index in [2.05, 4.69) is 0 Å². The Morgan fingerprint density at radius 1 is 1.20 bits per heavy atom. The van der Waals surface area contributed by atoms with Crippen molar-refractivity contribution in [2.24, 2.45) is 0 Å². The van der Waals surface area contributed by atoms with Gasteiger partial charge in [-0.2, -0.15) is 0 Å². The van der Waals surface area contributed by atoms with Crippen LogP contribution in [-0.4, -0.2) is 13.1 Å². The summed E-state index contributed by atoms with van der Waals surface area (Å²) in [7, 11) is 1.89. The number of rotatable bonds is 3. The van der Waals surface area contributed by atoms with Gasteiger partial charge in [0.25, 0.3) is 0 Å². The van der Waals surface area contributed by atoms with Crippen LogP contribution in [0.2, 0.25) is 0 Å². The largest absolute Gasteiger partial charge is 0.369 e. The van der Waals surface area contributed by atoms with Crippen LogP contribution in [-0.2, 0) is 0 Å². The molecule has 15 heavy (non-hydrogen) atoms. The van der Waals surface area contributed by atoms with Gasteiger partial charge < -0.3 is 4.90 Å². The second kappa shape index (κ2) is 3.47. The molecular formula is C12H17NO2. The van der Waals surface area contributed by atoms with Crippen LogP contribution in [0.3, 0.4) is 0 Å². The molecular weight excluding hydrogens is 190 g/mol. The van der Waals surface area contributed by atoms with E-state index in [1.807, 2.05) is 25.8 Å². The summed E-state index contributed by atoms with van der Waals surface area (Å²) < 4.78 is 0. The van der Waals surface area contributed by atoms with Gasteiger partial charge in [0, 0.05) is 18.7 Å². The van der Waals surface area contributed by atoms with Crippen LogP contribution >= 0.6 is 0 Å². The van der Waals surface area contributed by atoms with E-state index in [4.69, 9.17) is 0 Å². The molecule has 0 radical (unpaired) electrons. The molecule has 1 saturated carbocycles. The number of anilines is 1. The molecule has 1 fully saturated rings. The van der Waals surface area contributed by atoms with E-state index in [1.165, 1.54) is 6.42 Å². The highest BCUT2D eigenvalue weighted by Crippen LogP contribution is 2.38. The highest BCUT2D eigenvalue weighted by atomic mass is 16.2. The first-order valence-electron chi connectivity index (χ1n) is 5.60. The van der Waals surface area contributed by atoms with E-state index in [0.29, 0.717) is 11.6 Å².